The topological polar surface area (TPSA) is 58.1 Å². The number of likely N-dealkylation sites (N-methyl/N-ethyl adjacent to an activating group) is 1. The molecule has 1 atom stereocenters. The van der Waals surface area contributed by atoms with E-state index in [1.165, 1.54) is 36.0 Å². The van der Waals surface area contributed by atoms with E-state index in [2.05, 4.69) is 40.4 Å². The molecular formula is C21H28N4O. The van der Waals surface area contributed by atoms with Gasteiger partial charge in [0.05, 0.1) is 18.3 Å². The maximum atomic E-state index is 12.4. The van der Waals surface area contributed by atoms with Crippen LogP contribution in [0.5, 0.6) is 0 Å². The molecule has 2 aromatic rings. The fourth-order valence-corrected chi connectivity index (χ4v) is 3.48. The molecule has 0 saturated carbocycles. The first-order valence-electron chi connectivity index (χ1n) is 9.46. The number of carbonyl (C=O) groups is 1. The van der Waals surface area contributed by atoms with Gasteiger partial charge in [-0.3, -0.25) is 19.7 Å². The van der Waals surface area contributed by atoms with E-state index < -0.39 is 0 Å². The predicted octanol–water partition coefficient (Wildman–Crippen LogP) is 2.71. The van der Waals surface area contributed by atoms with Gasteiger partial charge in [0.2, 0.25) is 5.91 Å². The van der Waals surface area contributed by atoms with E-state index in [0.717, 1.165) is 25.1 Å². The highest BCUT2D eigenvalue weighted by Gasteiger charge is 2.15. The van der Waals surface area contributed by atoms with Crippen molar-refractivity contribution in [2.75, 3.05) is 20.1 Å². The molecule has 1 amide bonds. The Morgan fingerprint density at radius 3 is 2.81 bits per heavy atom. The van der Waals surface area contributed by atoms with Crippen LogP contribution in [0.1, 0.15) is 48.2 Å². The van der Waals surface area contributed by atoms with Crippen LogP contribution in [0.15, 0.2) is 36.8 Å². The van der Waals surface area contributed by atoms with Crippen molar-refractivity contribution >= 4 is 5.91 Å². The van der Waals surface area contributed by atoms with Gasteiger partial charge in [0.25, 0.3) is 0 Å². The summed E-state index contributed by atoms with van der Waals surface area (Å²) in [5, 5.41) is 3.12. The molecule has 0 bridgehead atoms. The van der Waals surface area contributed by atoms with Gasteiger partial charge in [-0.25, -0.2) is 0 Å². The Balaban J connectivity index is 1.48. The molecule has 1 N–H and O–H groups in total. The van der Waals surface area contributed by atoms with Crippen molar-refractivity contribution in [3.8, 4) is 0 Å². The van der Waals surface area contributed by atoms with Crippen molar-refractivity contribution in [3.05, 3.63) is 59.2 Å². The number of hydrogen-bond acceptors (Lipinski definition) is 4. The molecule has 5 nitrogen and oxygen atoms in total. The molecule has 1 aromatic heterocycles. The first kappa shape index (κ1) is 18.5. The molecule has 3 rings (SSSR count). The summed E-state index contributed by atoms with van der Waals surface area (Å²) in [6.45, 7) is 3.22. The van der Waals surface area contributed by atoms with Crippen molar-refractivity contribution in [3.63, 3.8) is 0 Å². The SMILES string of the molecule is C[C@H](NC(=O)CN(C)CCc1cnccn1)c1ccc2c(c1)CCCC2. The molecule has 0 aliphatic heterocycles. The molecule has 5 heteroatoms. The van der Waals surface area contributed by atoms with Gasteiger partial charge < -0.3 is 5.32 Å². The van der Waals surface area contributed by atoms with E-state index in [1.807, 2.05) is 11.9 Å². The van der Waals surface area contributed by atoms with Crippen molar-refractivity contribution in [1.29, 1.82) is 0 Å². The molecule has 26 heavy (non-hydrogen) atoms. The molecule has 1 heterocycles. The minimum atomic E-state index is 0.0307. The summed E-state index contributed by atoms with van der Waals surface area (Å²) in [4.78, 5) is 22.7. The van der Waals surface area contributed by atoms with Gasteiger partial charge in [-0.05, 0) is 56.3 Å². The fourth-order valence-electron chi connectivity index (χ4n) is 3.48. The van der Waals surface area contributed by atoms with Crippen LogP contribution in [0.4, 0.5) is 0 Å². The first-order chi connectivity index (χ1) is 12.6. The Labute approximate surface area is 155 Å². The van der Waals surface area contributed by atoms with Crippen LogP contribution in [0, 0.1) is 0 Å². The average Bonchev–Trinajstić information content (AvgIpc) is 2.66. The molecule has 1 aliphatic rings. The summed E-state index contributed by atoms with van der Waals surface area (Å²) in [5.74, 6) is 0.0527. The lowest BCUT2D eigenvalue weighted by molar-refractivity contribution is -0.122. The second-order valence-corrected chi connectivity index (χ2v) is 7.21. The Bertz CT molecular complexity index is 732. The van der Waals surface area contributed by atoms with Crippen molar-refractivity contribution in [2.24, 2.45) is 0 Å². The van der Waals surface area contributed by atoms with Gasteiger partial charge in [-0.1, -0.05) is 18.2 Å². The zero-order valence-corrected chi connectivity index (χ0v) is 15.7. The van der Waals surface area contributed by atoms with E-state index in [4.69, 9.17) is 0 Å². The zero-order valence-electron chi connectivity index (χ0n) is 15.7. The number of amides is 1. The number of nitrogens with one attached hydrogen (secondary N) is 1. The number of rotatable bonds is 7. The van der Waals surface area contributed by atoms with Crippen LogP contribution in [-0.4, -0.2) is 40.9 Å². The van der Waals surface area contributed by atoms with Crippen molar-refractivity contribution in [2.45, 2.75) is 45.1 Å². The maximum Gasteiger partial charge on any atom is 0.234 e. The number of aromatic nitrogens is 2. The molecule has 0 unspecified atom stereocenters. The minimum absolute atomic E-state index is 0.0307. The predicted molar refractivity (Wildman–Crippen MR) is 103 cm³/mol. The van der Waals surface area contributed by atoms with Crippen LogP contribution in [0.2, 0.25) is 0 Å². The molecule has 0 saturated heterocycles. The van der Waals surface area contributed by atoms with Gasteiger partial charge in [-0.2, -0.15) is 0 Å². The van der Waals surface area contributed by atoms with Crippen molar-refractivity contribution in [1.82, 2.24) is 20.2 Å². The summed E-state index contributed by atoms with van der Waals surface area (Å²) in [7, 11) is 1.96. The second kappa shape index (κ2) is 8.90. The lowest BCUT2D eigenvalue weighted by Gasteiger charge is -2.21. The minimum Gasteiger partial charge on any atom is -0.348 e. The highest BCUT2D eigenvalue weighted by Crippen LogP contribution is 2.24. The third kappa shape index (κ3) is 5.11. The molecule has 0 radical (unpaired) electrons. The van der Waals surface area contributed by atoms with Crippen LogP contribution < -0.4 is 5.32 Å². The third-order valence-electron chi connectivity index (χ3n) is 5.03. The molecule has 138 valence electrons. The number of hydrogen-bond donors (Lipinski definition) is 1. The lowest BCUT2D eigenvalue weighted by Crippen LogP contribution is -2.37. The number of fused-ring (bicyclic) bond motifs is 1. The molecule has 1 aromatic carbocycles. The summed E-state index contributed by atoms with van der Waals surface area (Å²) in [6, 6.07) is 6.70. The van der Waals surface area contributed by atoms with E-state index in [-0.39, 0.29) is 11.9 Å². The Morgan fingerprint density at radius 2 is 2.04 bits per heavy atom. The van der Waals surface area contributed by atoms with Gasteiger partial charge in [0.15, 0.2) is 0 Å². The molecule has 0 spiro atoms. The standard InChI is InChI=1S/C21H28N4O/c1-16(18-8-7-17-5-3-4-6-19(17)13-18)24-21(26)15-25(2)12-9-20-14-22-10-11-23-20/h7-8,10-11,13-14,16H,3-6,9,12,15H2,1-2H3,(H,24,26)/t16-/m0/s1. The van der Waals surface area contributed by atoms with Crippen LogP contribution >= 0.6 is 0 Å². The Kier molecular flexibility index (Phi) is 6.34. The number of carbonyl (C=O) groups excluding carboxylic acids is 1. The second-order valence-electron chi connectivity index (χ2n) is 7.21. The highest BCUT2D eigenvalue weighted by atomic mass is 16.2. The van der Waals surface area contributed by atoms with Crippen LogP contribution in [0.25, 0.3) is 0 Å². The molecule has 0 fully saturated rings. The number of aryl methyl sites for hydroxylation is 2. The van der Waals surface area contributed by atoms with Gasteiger partial charge in [0, 0.05) is 31.6 Å². The van der Waals surface area contributed by atoms with E-state index in [1.54, 1.807) is 18.6 Å². The Hall–Kier alpha value is -2.27. The van der Waals surface area contributed by atoms with Gasteiger partial charge in [0.1, 0.15) is 0 Å². The molecule has 1 aliphatic carbocycles. The fraction of sp³-hybridized carbons (Fsp3) is 0.476. The monoisotopic (exact) mass is 352 g/mol. The van der Waals surface area contributed by atoms with Crippen molar-refractivity contribution < 1.29 is 4.79 Å². The summed E-state index contributed by atoms with van der Waals surface area (Å²) in [5.41, 5.74) is 5.07. The van der Waals surface area contributed by atoms with Gasteiger partial charge >= 0.3 is 0 Å². The van der Waals surface area contributed by atoms with E-state index in [9.17, 15) is 4.79 Å². The number of nitrogens with zero attached hydrogens (tertiary/aromatic N) is 3. The lowest BCUT2D eigenvalue weighted by atomic mass is 9.89. The third-order valence-corrected chi connectivity index (χ3v) is 5.03. The first-order valence-corrected chi connectivity index (χ1v) is 9.46. The van der Waals surface area contributed by atoms with E-state index in [0.29, 0.717) is 6.54 Å². The largest absolute Gasteiger partial charge is 0.348 e. The maximum absolute atomic E-state index is 12.4. The summed E-state index contributed by atoms with van der Waals surface area (Å²) >= 11 is 0. The van der Waals surface area contributed by atoms with E-state index >= 15 is 0 Å². The highest BCUT2D eigenvalue weighted by molar-refractivity contribution is 5.78. The average molecular weight is 352 g/mol. The Morgan fingerprint density at radius 1 is 1.23 bits per heavy atom. The summed E-state index contributed by atoms with van der Waals surface area (Å²) < 4.78 is 0. The van der Waals surface area contributed by atoms with Crippen LogP contribution in [-0.2, 0) is 24.1 Å². The van der Waals surface area contributed by atoms with Crippen LogP contribution in [0.3, 0.4) is 0 Å². The smallest absolute Gasteiger partial charge is 0.234 e. The quantitative estimate of drug-likeness (QED) is 0.832. The van der Waals surface area contributed by atoms with Gasteiger partial charge in [-0.15, -0.1) is 0 Å². The zero-order chi connectivity index (χ0) is 18.4. The normalized spacial score (nSPS) is 14.7. The summed E-state index contributed by atoms with van der Waals surface area (Å²) in [6.07, 6.45) is 10.8. The molecular weight excluding hydrogens is 324 g/mol. The number of benzene rings is 1.